The van der Waals surface area contributed by atoms with E-state index in [1.807, 2.05) is 0 Å². The van der Waals surface area contributed by atoms with Gasteiger partial charge in [0.15, 0.2) is 5.75 Å². The molecule has 82 valence electrons. The molecule has 0 unspecified atom stereocenters. The van der Waals surface area contributed by atoms with Crippen LogP contribution in [0.2, 0.25) is 19.6 Å². The Kier molecular flexibility index (Phi) is 3.52. The lowest BCUT2D eigenvalue weighted by Gasteiger charge is -2.21. The Balaban J connectivity index is 3.02. The van der Waals surface area contributed by atoms with Crippen molar-refractivity contribution >= 4 is 14.6 Å². The molecule has 0 aliphatic heterocycles. The smallest absolute Gasteiger partial charge is 0.242 e. The Labute approximate surface area is 91.1 Å². The van der Waals surface area contributed by atoms with Crippen molar-refractivity contribution in [1.29, 1.82) is 0 Å². The molecular formula is C11H16O3Si. The molecule has 1 aromatic rings. The largest absolute Gasteiger partial charge is 0.542 e. The van der Waals surface area contributed by atoms with Crippen molar-refractivity contribution in [2.24, 2.45) is 0 Å². The van der Waals surface area contributed by atoms with E-state index < -0.39 is 8.32 Å². The number of carbonyl (C=O) groups excluding carboxylic acids is 1. The average molecular weight is 224 g/mol. The molecule has 1 aromatic carbocycles. The topological polar surface area (TPSA) is 35.5 Å². The third-order valence-corrected chi connectivity index (χ3v) is 2.57. The van der Waals surface area contributed by atoms with E-state index in [1.165, 1.54) is 0 Å². The molecule has 0 saturated heterocycles. The second-order valence-electron chi connectivity index (χ2n) is 4.24. The van der Waals surface area contributed by atoms with Crippen molar-refractivity contribution in [3.63, 3.8) is 0 Å². The normalized spacial score (nSPS) is 10.9. The summed E-state index contributed by atoms with van der Waals surface area (Å²) >= 11 is 0. The molecule has 0 aliphatic rings. The third-order valence-electron chi connectivity index (χ3n) is 1.74. The highest BCUT2D eigenvalue weighted by atomic mass is 28.4. The highest BCUT2D eigenvalue weighted by Crippen LogP contribution is 2.29. The molecule has 3 nitrogen and oxygen atoms in total. The SMILES string of the molecule is COc1cc(C=O)ccc1O[Si](C)(C)C. The molecule has 0 radical (unpaired) electrons. The Hall–Kier alpha value is -1.29. The maximum atomic E-state index is 10.6. The van der Waals surface area contributed by atoms with Crippen LogP contribution in [0.4, 0.5) is 0 Å². The van der Waals surface area contributed by atoms with E-state index in [2.05, 4.69) is 19.6 Å². The van der Waals surface area contributed by atoms with Gasteiger partial charge in [0.25, 0.3) is 0 Å². The Morgan fingerprint density at radius 2 is 1.87 bits per heavy atom. The first kappa shape index (κ1) is 11.8. The van der Waals surface area contributed by atoms with Crippen molar-refractivity contribution in [2.75, 3.05) is 7.11 Å². The predicted molar refractivity (Wildman–Crippen MR) is 62.4 cm³/mol. The van der Waals surface area contributed by atoms with Crippen LogP contribution in [0.15, 0.2) is 18.2 Å². The number of methoxy groups -OCH3 is 1. The zero-order valence-corrected chi connectivity index (χ0v) is 10.5. The number of hydrogen-bond donors (Lipinski definition) is 0. The number of benzene rings is 1. The van der Waals surface area contributed by atoms with Crippen LogP contribution in [0, 0.1) is 0 Å². The summed E-state index contributed by atoms with van der Waals surface area (Å²) < 4.78 is 11.0. The Morgan fingerprint density at radius 1 is 1.20 bits per heavy atom. The minimum atomic E-state index is -1.64. The van der Waals surface area contributed by atoms with Crippen LogP contribution in [0.1, 0.15) is 10.4 Å². The molecule has 4 heteroatoms. The maximum Gasteiger partial charge on any atom is 0.242 e. The molecular weight excluding hydrogens is 208 g/mol. The maximum absolute atomic E-state index is 10.6. The third kappa shape index (κ3) is 3.40. The van der Waals surface area contributed by atoms with E-state index in [0.29, 0.717) is 17.1 Å². The lowest BCUT2D eigenvalue weighted by molar-refractivity contribution is 0.112. The van der Waals surface area contributed by atoms with Gasteiger partial charge in [-0.1, -0.05) is 0 Å². The quantitative estimate of drug-likeness (QED) is 0.582. The first-order chi connectivity index (χ1) is 6.96. The molecule has 0 amide bonds. The fourth-order valence-corrected chi connectivity index (χ4v) is 2.00. The van der Waals surface area contributed by atoms with Crippen molar-refractivity contribution in [1.82, 2.24) is 0 Å². The Bertz CT molecular complexity index is 355. The molecule has 0 heterocycles. The lowest BCUT2D eigenvalue weighted by atomic mass is 10.2. The summed E-state index contributed by atoms with van der Waals surface area (Å²) in [4.78, 5) is 10.6. The van der Waals surface area contributed by atoms with Gasteiger partial charge in [-0.05, 0) is 37.8 Å². The standard InChI is InChI=1S/C11H16O3Si/c1-13-11-7-9(8-12)5-6-10(11)14-15(2,3)4/h5-8H,1-4H3. The van der Waals surface area contributed by atoms with Gasteiger partial charge in [-0.3, -0.25) is 4.79 Å². The Morgan fingerprint density at radius 3 is 2.33 bits per heavy atom. The van der Waals surface area contributed by atoms with Crippen molar-refractivity contribution in [3.05, 3.63) is 23.8 Å². The van der Waals surface area contributed by atoms with Crippen LogP contribution >= 0.6 is 0 Å². The van der Waals surface area contributed by atoms with Gasteiger partial charge in [-0.25, -0.2) is 0 Å². The van der Waals surface area contributed by atoms with Crippen LogP contribution < -0.4 is 9.16 Å². The second-order valence-corrected chi connectivity index (χ2v) is 8.67. The number of rotatable bonds is 4. The zero-order chi connectivity index (χ0) is 11.5. The van der Waals surface area contributed by atoms with Gasteiger partial charge >= 0.3 is 0 Å². The van der Waals surface area contributed by atoms with Gasteiger partial charge in [-0.2, -0.15) is 0 Å². The van der Waals surface area contributed by atoms with Crippen LogP contribution in [0.3, 0.4) is 0 Å². The van der Waals surface area contributed by atoms with E-state index in [-0.39, 0.29) is 0 Å². The van der Waals surface area contributed by atoms with Gasteiger partial charge in [0.05, 0.1) is 7.11 Å². The predicted octanol–water partition coefficient (Wildman–Crippen LogP) is 2.72. The van der Waals surface area contributed by atoms with E-state index in [0.717, 1.165) is 6.29 Å². The highest BCUT2D eigenvalue weighted by Gasteiger charge is 2.18. The lowest BCUT2D eigenvalue weighted by Crippen LogP contribution is -2.29. The first-order valence-corrected chi connectivity index (χ1v) is 8.19. The molecule has 0 atom stereocenters. The van der Waals surface area contributed by atoms with Gasteiger partial charge in [0, 0.05) is 5.56 Å². The molecule has 0 saturated carbocycles. The van der Waals surface area contributed by atoms with Crippen molar-refractivity contribution in [2.45, 2.75) is 19.6 Å². The molecule has 0 aliphatic carbocycles. The number of aldehydes is 1. The van der Waals surface area contributed by atoms with Gasteiger partial charge < -0.3 is 9.16 Å². The number of carbonyl (C=O) groups is 1. The van der Waals surface area contributed by atoms with Crippen LogP contribution in [0.25, 0.3) is 0 Å². The summed E-state index contributed by atoms with van der Waals surface area (Å²) in [6.45, 7) is 6.29. The number of hydrogen-bond acceptors (Lipinski definition) is 3. The van der Waals surface area contributed by atoms with Crippen LogP contribution in [-0.2, 0) is 0 Å². The fraction of sp³-hybridized carbons (Fsp3) is 0.364. The summed E-state index contributed by atoms with van der Waals surface area (Å²) in [7, 11) is -0.0712. The fourth-order valence-electron chi connectivity index (χ4n) is 1.17. The van der Waals surface area contributed by atoms with Gasteiger partial charge in [-0.15, -0.1) is 0 Å². The molecule has 1 rings (SSSR count). The minimum Gasteiger partial charge on any atom is -0.542 e. The van der Waals surface area contributed by atoms with Crippen LogP contribution in [0.5, 0.6) is 11.5 Å². The van der Waals surface area contributed by atoms with E-state index >= 15 is 0 Å². The molecule has 0 aromatic heterocycles. The molecule has 0 bridgehead atoms. The molecule has 0 spiro atoms. The zero-order valence-electron chi connectivity index (χ0n) is 9.53. The van der Waals surface area contributed by atoms with Crippen LogP contribution in [-0.4, -0.2) is 21.7 Å². The number of ether oxygens (including phenoxy) is 1. The highest BCUT2D eigenvalue weighted by molar-refractivity contribution is 6.70. The van der Waals surface area contributed by atoms with Gasteiger partial charge in [0.1, 0.15) is 12.0 Å². The molecule has 0 fully saturated rings. The summed E-state index contributed by atoms with van der Waals surface area (Å²) in [5.41, 5.74) is 0.592. The average Bonchev–Trinajstić information content (AvgIpc) is 2.16. The summed E-state index contributed by atoms with van der Waals surface area (Å²) in [6, 6.07) is 5.19. The molecule has 0 N–H and O–H groups in total. The summed E-state index contributed by atoms with van der Waals surface area (Å²) in [5, 5.41) is 0. The van der Waals surface area contributed by atoms with E-state index in [1.54, 1.807) is 25.3 Å². The van der Waals surface area contributed by atoms with Gasteiger partial charge in [0.2, 0.25) is 8.32 Å². The minimum absolute atomic E-state index is 0.592. The first-order valence-electron chi connectivity index (χ1n) is 4.78. The van der Waals surface area contributed by atoms with E-state index in [9.17, 15) is 4.79 Å². The van der Waals surface area contributed by atoms with Crippen molar-refractivity contribution in [3.8, 4) is 11.5 Å². The van der Waals surface area contributed by atoms with Crippen molar-refractivity contribution < 1.29 is 14.0 Å². The summed E-state index contributed by atoms with van der Waals surface area (Å²) in [5.74, 6) is 1.32. The summed E-state index contributed by atoms with van der Waals surface area (Å²) in [6.07, 6.45) is 0.792. The van der Waals surface area contributed by atoms with E-state index in [4.69, 9.17) is 9.16 Å². The second kappa shape index (κ2) is 4.48. The molecule has 15 heavy (non-hydrogen) atoms. The monoisotopic (exact) mass is 224 g/mol.